The van der Waals surface area contributed by atoms with E-state index >= 15 is 0 Å². The number of carboxylic acids is 1. The number of aliphatic carboxylic acids is 1. The second-order valence-electron chi connectivity index (χ2n) is 9.70. The van der Waals surface area contributed by atoms with Crippen LogP contribution in [0.3, 0.4) is 0 Å². The topological polar surface area (TPSA) is 120 Å². The quantitative estimate of drug-likeness (QED) is 0.240. The molecule has 2 aliphatic heterocycles. The van der Waals surface area contributed by atoms with Crippen LogP contribution in [0, 0.1) is 11.8 Å². The second-order valence-corrected chi connectivity index (χ2v) is 11.4. The number of imide groups is 1. The minimum Gasteiger partial charge on any atom is -0.480 e. The molecule has 4 aromatic rings. The lowest BCUT2D eigenvalue weighted by atomic mass is 9.76. The molecular weight excluding hydrogens is 526 g/mol. The Labute approximate surface area is 226 Å². The number of benzene rings is 2. The highest BCUT2D eigenvalue weighted by atomic mass is 35.5. The average Bonchev–Trinajstić information content (AvgIpc) is 3.65. The molecule has 38 heavy (non-hydrogen) atoms. The van der Waals surface area contributed by atoms with E-state index in [4.69, 9.17) is 11.6 Å². The lowest BCUT2D eigenvalue weighted by Gasteiger charge is -2.31. The lowest BCUT2D eigenvalue weighted by molar-refractivity contribution is -0.148. The van der Waals surface area contributed by atoms with Crippen molar-refractivity contribution in [1.29, 1.82) is 0 Å². The summed E-state index contributed by atoms with van der Waals surface area (Å²) in [6.07, 6.45) is 1.74. The highest BCUT2D eigenvalue weighted by Crippen LogP contribution is 2.52. The van der Waals surface area contributed by atoms with E-state index in [1.54, 1.807) is 42.6 Å². The molecule has 0 aliphatic carbocycles. The molecule has 192 valence electrons. The number of fused-ring (bicyclic) bond motifs is 2. The number of anilines is 1. The first-order chi connectivity index (χ1) is 18.2. The van der Waals surface area contributed by atoms with Gasteiger partial charge in [-0.1, -0.05) is 29.8 Å². The number of halogens is 1. The fourth-order valence-electron chi connectivity index (χ4n) is 5.86. The molecule has 2 fully saturated rings. The number of nitrogens with zero attached hydrogens (tertiary/aromatic N) is 1. The maximum absolute atomic E-state index is 14.0. The van der Waals surface area contributed by atoms with E-state index in [1.165, 1.54) is 18.3 Å². The average molecular weight is 548 g/mol. The van der Waals surface area contributed by atoms with E-state index in [1.807, 2.05) is 24.3 Å². The zero-order valence-corrected chi connectivity index (χ0v) is 21.7. The van der Waals surface area contributed by atoms with Crippen LogP contribution in [0.2, 0.25) is 4.34 Å². The predicted molar refractivity (Wildman–Crippen MR) is 143 cm³/mol. The molecule has 0 saturated carbocycles. The van der Waals surface area contributed by atoms with Crippen LogP contribution in [0.4, 0.5) is 5.69 Å². The Hall–Kier alpha value is -3.79. The Morgan fingerprint density at radius 3 is 2.45 bits per heavy atom. The van der Waals surface area contributed by atoms with Crippen molar-refractivity contribution in [3.63, 3.8) is 0 Å². The Morgan fingerprint density at radius 2 is 1.79 bits per heavy atom. The van der Waals surface area contributed by atoms with Gasteiger partial charge in [-0.3, -0.25) is 24.5 Å². The first-order valence-corrected chi connectivity index (χ1v) is 13.2. The maximum atomic E-state index is 14.0. The van der Waals surface area contributed by atoms with Gasteiger partial charge in [0.05, 0.1) is 27.9 Å². The summed E-state index contributed by atoms with van der Waals surface area (Å²) in [5.41, 5.74) is 0.565. The van der Waals surface area contributed by atoms with Gasteiger partial charge in [0.15, 0.2) is 5.78 Å². The molecule has 10 heteroatoms. The summed E-state index contributed by atoms with van der Waals surface area (Å²) < 4.78 is 0.497. The highest BCUT2D eigenvalue weighted by molar-refractivity contribution is 7.16. The molecule has 3 N–H and O–H groups in total. The summed E-state index contributed by atoms with van der Waals surface area (Å²) in [6, 6.07) is 16.4. The number of H-pyrrole nitrogens is 1. The third-order valence-electron chi connectivity index (χ3n) is 7.61. The normalized spacial score (nSPS) is 24.8. The number of carbonyl (C=O) groups is 4. The number of amides is 2. The van der Waals surface area contributed by atoms with Gasteiger partial charge in [-0.05, 0) is 55.0 Å². The standard InChI is InChI=1S/C28H22ClN3O5S/c1-14(33)15-6-8-17(9-7-15)32-25(34)22-23(26(32)35)28(27(36)37,31-24(22)20-10-11-21(29)38-20)12-16-13-30-19-5-3-2-4-18(16)19/h2-11,13,22-24,30-31H,12H2,1H3,(H,36,37). The van der Waals surface area contributed by atoms with Crippen LogP contribution in [-0.2, 0) is 20.8 Å². The smallest absolute Gasteiger partial charge is 0.325 e. The third kappa shape index (κ3) is 3.61. The van der Waals surface area contributed by atoms with Crippen LogP contribution < -0.4 is 10.2 Å². The molecule has 6 rings (SSSR count). The molecule has 2 saturated heterocycles. The van der Waals surface area contributed by atoms with Crippen molar-refractivity contribution in [2.24, 2.45) is 11.8 Å². The van der Waals surface area contributed by atoms with E-state index in [0.717, 1.165) is 21.4 Å². The number of Topliss-reactive ketones (excluding diaryl/α,β-unsaturated/α-hetero) is 1. The molecule has 2 amide bonds. The minimum atomic E-state index is -1.75. The van der Waals surface area contributed by atoms with Crippen LogP contribution >= 0.6 is 22.9 Å². The van der Waals surface area contributed by atoms with Crippen molar-refractivity contribution in [2.75, 3.05) is 4.90 Å². The van der Waals surface area contributed by atoms with E-state index in [9.17, 15) is 24.3 Å². The van der Waals surface area contributed by atoms with Crippen LogP contribution in [0.5, 0.6) is 0 Å². The van der Waals surface area contributed by atoms with Crippen molar-refractivity contribution < 1.29 is 24.3 Å². The van der Waals surface area contributed by atoms with Crippen molar-refractivity contribution in [2.45, 2.75) is 24.9 Å². The molecule has 0 spiro atoms. The SMILES string of the molecule is CC(=O)c1ccc(N2C(=O)C3C(c4ccc(Cl)s4)NC(Cc4c[nH]c5ccccc45)(C(=O)O)C3C2=O)cc1. The monoisotopic (exact) mass is 547 g/mol. The zero-order valence-electron chi connectivity index (χ0n) is 20.1. The van der Waals surface area contributed by atoms with Gasteiger partial charge in [0.2, 0.25) is 11.8 Å². The largest absolute Gasteiger partial charge is 0.480 e. The number of hydrogen-bond donors (Lipinski definition) is 3. The molecule has 4 atom stereocenters. The Morgan fingerprint density at radius 1 is 1.05 bits per heavy atom. The molecule has 2 aromatic heterocycles. The van der Waals surface area contributed by atoms with Gasteiger partial charge in [0.1, 0.15) is 5.54 Å². The van der Waals surface area contributed by atoms with Gasteiger partial charge in [0.25, 0.3) is 0 Å². The molecule has 4 heterocycles. The molecule has 0 bridgehead atoms. The number of rotatable bonds is 6. The zero-order chi connectivity index (χ0) is 26.8. The molecule has 2 aromatic carbocycles. The molecular formula is C28H22ClN3O5S. The number of carboxylic acid groups (broad SMARTS) is 1. The van der Waals surface area contributed by atoms with Gasteiger partial charge < -0.3 is 10.1 Å². The lowest BCUT2D eigenvalue weighted by Crippen LogP contribution is -2.57. The number of nitrogens with one attached hydrogen (secondary N) is 2. The Bertz CT molecular complexity index is 1630. The van der Waals surface area contributed by atoms with Gasteiger partial charge in [0, 0.05) is 34.0 Å². The molecule has 8 nitrogen and oxygen atoms in total. The van der Waals surface area contributed by atoms with Crippen LogP contribution in [-0.4, -0.2) is 39.2 Å². The van der Waals surface area contributed by atoms with E-state index in [2.05, 4.69) is 10.3 Å². The number of aromatic amines is 1. The van der Waals surface area contributed by atoms with E-state index in [-0.39, 0.29) is 12.2 Å². The fraction of sp³-hybridized carbons (Fsp3) is 0.214. The third-order valence-corrected chi connectivity index (χ3v) is 8.93. The number of hydrogen-bond acceptors (Lipinski definition) is 6. The van der Waals surface area contributed by atoms with Gasteiger partial charge >= 0.3 is 5.97 Å². The van der Waals surface area contributed by atoms with E-state index < -0.39 is 41.2 Å². The number of thiophene rings is 1. The minimum absolute atomic E-state index is 0.0146. The Kier molecular flexibility index (Phi) is 5.75. The highest BCUT2D eigenvalue weighted by Gasteiger charge is 2.69. The number of aromatic nitrogens is 1. The van der Waals surface area contributed by atoms with Gasteiger partial charge in [-0.2, -0.15) is 0 Å². The van der Waals surface area contributed by atoms with Crippen LogP contribution in [0.15, 0.2) is 66.9 Å². The summed E-state index contributed by atoms with van der Waals surface area (Å²) in [4.78, 5) is 57.7. The summed E-state index contributed by atoms with van der Waals surface area (Å²) >= 11 is 7.45. The fourth-order valence-corrected chi connectivity index (χ4v) is 7.02. The summed E-state index contributed by atoms with van der Waals surface area (Å²) in [6.45, 7) is 1.43. The first-order valence-electron chi connectivity index (χ1n) is 12.0. The van der Waals surface area contributed by atoms with E-state index in [0.29, 0.717) is 20.5 Å². The second kappa shape index (κ2) is 8.90. The molecule has 4 unspecified atom stereocenters. The summed E-state index contributed by atoms with van der Waals surface area (Å²) in [5, 5.41) is 14.8. The number of carbonyl (C=O) groups excluding carboxylic acids is 3. The molecule has 0 radical (unpaired) electrons. The Balaban J connectivity index is 1.48. The maximum Gasteiger partial charge on any atom is 0.325 e. The predicted octanol–water partition coefficient (Wildman–Crippen LogP) is 4.60. The van der Waals surface area contributed by atoms with Crippen LogP contribution in [0.25, 0.3) is 10.9 Å². The molecule has 2 aliphatic rings. The van der Waals surface area contributed by atoms with Crippen molar-refractivity contribution in [3.8, 4) is 0 Å². The van der Waals surface area contributed by atoms with Gasteiger partial charge in [-0.25, -0.2) is 4.90 Å². The number of para-hydroxylation sites is 1. The summed E-state index contributed by atoms with van der Waals surface area (Å²) in [5.74, 6) is -4.55. The van der Waals surface area contributed by atoms with Crippen molar-refractivity contribution in [1.82, 2.24) is 10.3 Å². The van der Waals surface area contributed by atoms with Crippen molar-refractivity contribution in [3.05, 3.63) is 87.2 Å². The van der Waals surface area contributed by atoms with Crippen molar-refractivity contribution >= 4 is 63.1 Å². The first kappa shape index (κ1) is 24.5. The summed E-state index contributed by atoms with van der Waals surface area (Å²) in [7, 11) is 0. The van der Waals surface area contributed by atoms with Gasteiger partial charge in [-0.15, -0.1) is 11.3 Å². The number of ketones is 1. The van der Waals surface area contributed by atoms with Crippen LogP contribution in [0.1, 0.15) is 33.8 Å².